The van der Waals surface area contributed by atoms with Crippen LogP contribution in [0, 0.1) is 0 Å². The van der Waals surface area contributed by atoms with E-state index in [1.165, 1.54) is 10.9 Å². The van der Waals surface area contributed by atoms with Crippen LogP contribution in [0.5, 0.6) is 0 Å². The Bertz CT molecular complexity index is 547. The molecule has 2 rings (SSSR count). The molecule has 0 amide bonds. The Morgan fingerprint density at radius 2 is 2.33 bits per heavy atom. The smallest absolute Gasteiger partial charge is 0.246 e. The molecule has 0 saturated carbocycles. The van der Waals surface area contributed by atoms with Gasteiger partial charge < -0.3 is 5.73 Å². The maximum atomic E-state index is 12.2. The highest BCUT2D eigenvalue weighted by atomic mass is 32.2. The molecule has 0 aliphatic heterocycles. The third kappa shape index (κ3) is 2.73. The van der Waals surface area contributed by atoms with Crippen molar-refractivity contribution >= 4 is 15.8 Å². The lowest BCUT2D eigenvalue weighted by Crippen LogP contribution is -2.35. The zero-order chi connectivity index (χ0) is 13.2. The van der Waals surface area contributed by atoms with Crippen molar-refractivity contribution < 1.29 is 8.42 Å². The summed E-state index contributed by atoms with van der Waals surface area (Å²) in [4.78, 5) is 0.0684. The van der Waals surface area contributed by atoms with Crippen molar-refractivity contribution in [3.8, 4) is 0 Å². The Morgan fingerprint density at radius 3 is 2.89 bits per heavy atom. The first-order chi connectivity index (χ1) is 8.53. The van der Waals surface area contributed by atoms with Crippen molar-refractivity contribution in [2.24, 2.45) is 0 Å². The van der Waals surface area contributed by atoms with Gasteiger partial charge in [-0.2, -0.15) is 5.10 Å². The van der Waals surface area contributed by atoms with E-state index >= 15 is 0 Å². The Morgan fingerprint density at radius 1 is 1.56 bits per heavy atom. The lowest BCUT2D eigenvalue weighted by Gasteiger charge is -2.18. The van der Waals surface area contributed by atoms with E-state index in [1.54, 1.807) is 0 Å². The maximum Gasteiger partial charge on any atom is 0.246 e. The van der Waals surface area contributed by atoms with Gasteiger partial charge >= 0.3 is 0 Å². The van der Waals surface area contributed by atoms with E-state index in [9.17, 15) is 8.42 Å². The molecule has 0 saturated heterocycles. The molecule has 0 radical (unpaired) electrons. The number of sulfonamides is 1. The van der Waals surface area contributed by atoms with Crippen LogP contribution < -0.4 is 10.5 Å². The molecule has 1 aromatic heterocycles. The average molecular weight is 270 g/mol. The maximum absolute atomic E-state index is 12.2. The van der Waals surface area contributed by atoms with Crippen molar-refractivity contribution in [3.05, 3.63) is 18.3 Å². The monoisotopic (exact) mass is 270 g/mol. The molecule has 0 fully saturated rings. The van der Waals surface area contributed by atoms with E-state index in [0.717, 1.165) is 19.3 Å². The van der Waals surface area contributed by atoms with Gasteiger partial charge in [0.25, 0.3) is 0 Å². The van der Waals surface area contributed by atoms with Crippen molar-refractivity contribution in [2.45, 2.75) is 43.7 Å². The molecule has 18 heavy (non-hydrogen) atoms. The summed E-state index contributed by atoms with van der Waals surface area (Å²) in [5.74, 6) is 0.0516. The topological polar surface area (TPSA) is 90.0 Å². The number of nitrogens with two attached hydrogens (primary N) is 1. The minimum Gasteiger partial charge on any atom is -0.381 e. The molecule has 3 N–H and O–H groups in total. The minimum absolute atomic E-state index is 0.0515. The summed E-state index contributed by atoms with van der Waals surface area (Å²) in [6.45, 7) is 2.47. The molecular formula is C11H18N4O2S. The van der Waals surface area contributed by atoms with Gasteiger partial charge in [0.05, 0.1) is 0 Å². The lowest BCUT2D eigenvalue weighted by molar-refractivity contribution is 0.522. The van der Waals surface area contributed by atoms with E-state index in [1.807, 2.05) is 13.0 Å². The molecular weight excluding hydrogens is 252 g/mol. The van der Waals surface area contributed by atoms with E-state index in [-0.39, 0.29) is 16.8 Å². The zero-order valence-corrected chi connectivity index (χ0v) is 11.2. The van der Waals surface area contributed by atoms with E-state index in [2.05, 4.69) is 15.9 Å². The summed E-state index contributed by atoms with van der Waals surface area (Å²) in [6, 6.07) is -0.0515. The third-order valence-electron chi connectivity index (χ3n) is 2.96. The van der Waals surface area contributed by atoms with Crippen LogP contribution in [0.4, 0.5) is 5.82 Å². The van der Waals surface area contributed by atoms with Crippen LogP contribution in [0.15, 0.2) is 23.2 Å². The molecule has 0 bridgehead atoms. The van der Waals surface area contributed by atoms with Gasteiger partial charge in [0.15, 0.2) is 5.82 Å². The normalized spacial score (nSPS) is 20.2. The summed E-state index contributed by atoms with van der Waals surface area (Å²) < 4.78 is 28.6. The molecule has 1 aromatic rings. The first-order valence-electron chi connectivity index (χ1n) is 6.03. The fraction of sp³-hybridized carbons (Fsp3) is 0.545. The number of nitrogens with zero attached hydrogens (tertiary/aromatic N) is 2. The van der Waals surface area contributed by atoms with Crippen LogP contribution in [0.25, 0.3) is 0 Å². The van der Waals surface area contributed by atoms with Crippen LogP contribution in [0.1, 0.15) is 26.2 Å². The number of rotatable bonds is 4. The molecule has 7 heteroatoms. The van der Waals surface area contributed by atoms with Crippen molar-refractivity contribution in [1.82, 2.24) is 14.5 Å². The Kier molecular flexibility index (Phi) is 3.72. The van der Waals surface area contributed by atoms with Crippen molar-refractivity contribution in [2.75, 3.05) is 5.73 Å². The Balaban J connectivity index is 2.19. The largest absolute Gasteiger partial charge is 0.381 e. The standard InChI is InChI=1S/C11H18N4O2S/c1-2-15-8-10(11(12)13-15)18(16,17)14-9-6-4-3-5-7-9/h3-4,8-9,14H,2,5-7H2,1H3,(H2,12,13). The van der Waals surface area contributed by atoms with Crippen LogP contribution in [-0.2, 0) is 16.6 Å². The zero-order valence-electron chi connectivity index (χ0n) is 10.3. The molecule has 1 heterocycles. The number of anilines is 1. The number of aryl methyl sites for hydroxylation is 1. The molecule has 1 aliphatic carbocycles. The molecule has 0 spiro atoms. The molecule has 6 nitrogen and oxygen atoms in total. The highest BCUT2D eigenvalue weighted by Crippen LogP contribution is 2.19. The van der Waals surface area contributed by atoms with Gasteiger partial charge in [0.2, 0.25) is 10.0 Å². The first kappa shape index (κ1) is 13.1. The fourth-order valence-electron chi connectivity index (χ4n) is 1.97. The fourth-order valence-corrected chi connectivity index (χ4v) is 3.33. The van der Waals surface area contributed by atoms with Crippen molar-refractivity contribution in [1.29, 1.82) is 0 Å². The van der Waals surface area contributed by atoms with Gasteiger partial charge in [-0.15, -0.1) is 0 Å². The van der Waals surface area contributed by atoms with Crippen LogP contribution in [0.3, 0.4) is 0 Å². The molecule has 1 unspecified atom stereocenters. The number of nitrogens with one attached hydrogen (secondary N) is 1. The van der Waals surface area contributed by atoms with Gasteiger partial charge in [-0.1, -0.05) is 12.2 Å². The predicted molar refractivity (Wildman–Crippen MR) is 69.4 cm³/mol. The minimum atomic E-state index is -3.57. The summed E-state index contributed by atoms with van der Waals surface area (Å²) >= 11 is 0. The molecule has 1 atom stereocenters. The van der Waals surface area contributed by atoms with Crippen LogP contribution in [0.2, 0.25) is 0 Å². The predicted octanol–water partition coefficient (Wildman–Crippen LogP) is 0.872. The second kappa shape index (κ2) is 5.11. The lowest BCUT2D eigenvalue weighted by atomic mass is 10.0. The quantitative estimate of drug-likeness (QED) is 0.794. The number of hydrogen-bond acceptors (Lipinski definition) is 4. The van der Waals surface area contributed by atoms with Gasteiger partial charge in [0.1, 0.15) is 4.90 Å². The van der Waals surface area contributed by atoms with E-state index in [4.69, 9.17) is 5.73 Å². The molecule has 100 valence electrons. The molecule has 0 aromatic carbocycles. The number of nitrogen functional groups attached to an aromatic ring is 1. The second-order valence-electron chi connectivity index (χ2n) is 4.34. The summed E-state index contributed by atoms with van der Waals surface area (Å²) in [6.07, 6.45) is 7.97. The SMILES string of the molecule is CCn1cc(S(=O)(=O)NC2CC=CCC2)c(N)n1. The van der Waals surface area contributed by atoms with E-state index < -0.39 is 10.0 Å². The Hall–Kier alpha value is -1.34. The number of allylic oxidation sites excluding steroid dienone is 1. The van der Waals surface area contributed by atoms with Gasteiger partial charge in [-0.05, 0) is 26.2 Å². The Labute approximate surface area is 107 Å². The number of hydrogen-bond donors (Lipinski definition) is 2. The summed E-state index contributed by atoms with van der Waals surface area (Å²) in [7, 11) is -3.57. The van der Waals surface area contributed by atoms with E-state index in [0.29, 0.717) is 6.54 Å². The highest BCUT2D eigenvalue weighted by molar-refractivity contribution is 7.89. The van der Waals surface area contributed by atoms with Crippen molar-refractivity contribution in [3.63, 3.8) is 0 Å². The third-order valence-corrected chi connectivity index (χ3v) is 4.50. The molecule has 1 aliphatic rings. The van der Waals surface area contributed by atoms with Crippen LogP contribution >= 0.6 is 0 Å². The van der Waals surface area contributed by atoms with Crippen LogP contribution in [-0.4, -0.2) is 24.2 Å². The average Bonchev–Trinajstić information content (AvgIpc) is 2.72. The van der Waals surface area contributed by atoms with Gasteiger partial charge in [0, 0.05) is 18.8 Å². The first-order valence-corrected chi connectivity index (χ1v) is 7.51. The number of aromatic nitrogens is 2. The van der Waals surface area contributed by atoms with Gasteiger partial charge in [-0.3, -0.25) is 4.68 Å². The summed E-state index contributed by atoms with van der Waals surface area (Å²) in [5, 5.41) is 3.95. The second-order valence-corrected chi connectivity index (χ2v) is 6.02. The highest BCUT2D eigenvalue weighted by Gasteiger charge is 2.24. The van der Waals surface area contributed by atoms with Gasteiger partial charge in [-0.25, -0.2) is 13.1 Å². The summed E-state index contributed by atoms with van der Waals surface area (Å²) in [5.41, 5.74) is 5.64.